The third-order valence-electron chi connectivity index (χ3n) is 3.88. The van der Waals surface area contributed by atoms with E-state index in [0.717, 1.165) is 25.4 Å². The van der Waals surface area contributed by atoms with Gasteiger partial charge in [0, 0.05) is 6.04 Å². The van der Waals surface area contributed by atoms with Crippen LogP contribution in [0.2, 0.25) is 0 Å². The SMILES string of the molecule is CCCCC1NCN(C2CC2CCC)C1=O. The summed E-state index contributed by atoms with van der Waals surface area (Å²) in [4.78, 5) is 14.2. The van der Waals surface area contributed by atoms with Crippen LogP contribution in [0.15, 0.2) is 0 Å². The Bertz CT molecular complexity index is 254. The lowest BCUT2D eigenvalue weighted by Crippen LogP contribution is -2.32. The minimum absolute atomic E-state index is 0.114. The number of unbranched alkanes of at least 4 members (excludes halogenated alkanes) is 1. The average molecular weight is 224 g/mol. The summed E-state index contributed by atoms with van der Waals surface area (Å²) < 4.78 is 0. The van der Waals surface area contributed by atoms with Crippen molar-refractivity contribution in [1.82, 2.24) is 10.2 Å². The van der Waals surface area contributed by atoms with E-state index in [-0.39, 0.29) is 6.04 Å². The highest BCUT2D eigenvalue weighted by molar-refractivity contribution is 5.84. The third-order valence-corrected chi connectivity index (χ3v) is 3.88. The molecule has 3 unspecified atom stereocenters. The van der Waals surface area contributed by atoms with E-state index >= 15 is 0 Å². The van der Waals surface area contributed by atoms with E-state index in [9.17, 15) is 4.79 Å². The van der Waals surface area contributed by atoms with Gasteiger partial charge in [0.2, 0.25) is 5.91 Å². The number of amides is 1. The number of nitrogens with zero attached hydrogens (tertiary/aromatic N) is 1. The van der Waals surface area contributed by atoms with Gasteiger partial charge < -0.3 is 4.90 Å². The van der Waals surface area contributed by atoms with Crippen LogP contribution in [0, 0.1) is 5.92 Å². The van der Waals surface area contributed by atoms with E-state index in [1.54, 1.807) is 0 Å². The molecule has 0 bridgehead atoms. The summed E-state index contributed by atoms with van der Waals surface area (Å²) in [5.41, 5.74) is 0. The summed E-state index contributed by atoms with van der Waals surface area (Å²) in [6, 6.07) is 0.675. The van der Waals surface area contributed by atoms with E-state index in [0.29, 0.717) is 11.9 Å². The van der Waals surface area contributed by atoms with Gasteiger partial charge in [-0.3, -0.25) is 10.1 Å². The number of rotatable bonds is 6. The fourth-order valence-electron chi connectivity index (χ4n) is 2.78. The molecule has 1 aliphatic carbocycles. The Morgan fingerprint density at radius 3 is 2.81 bits per heavy atom. The molecule has 2 aliphatic rings. The van der Waals surface area contributed by atoms with Crippen LogP contribution in [0.5, 0.6) is 0 Å². The minimum atomic E-state index is 0.114. The Balaban J connectivity index is 1.79. The smallest absolute Gasteiger partial charge is 0.241 e. The molecular weight excluding hydrogens is 200 g/mol. The first-order chi connectivity index (χ1) is 7.77. The molecule has 3 atom stereocenters. The van der Waals surface area contributed by atoms with Crippen LogP contribution < -0.4 is 5.32 Å². The van der Waals surface area contributed by atoms with E-state index in [2.05, 4.69) is 24.1 Å². The maximum atomic E-state index is 12.1. The largest absolute Gasteiger partial charge is 0.325 e. The van der Waals surface area contributed by atoms with Crippen molar-refractivity contribution in [2.24, 2.45) is 5.92 Å². The first-order valence-electron chi connectivity index (χ1n) is 6.81. The lowest BCUT2D eigenvalue weighted by Gasteiger charge is -2.15. The second-order valence-electron chi connectivity index (χ2n) is 5.22. The predicted octanol–water partition coefficient (Wildman–Crippen LogP) is 2.12. The maximum absolute atomic E-state index is 12.1. The Morgan fingerprint density at radius 1 is 1.31 bits per heavy atom. The molecule has 3 heteroatoms. The molecule has 0 aromatic carbocycles. The van der Waals surface area contributed by atoms with E-state index in [1.807, 2.05) is 0 Å². The van der Waals surface area contributed by atoms with Crippen LogP contribution in [0.4, 0.5) is 0 Å². The van der Waals surface area contributed by atoms with Crippen molar-refractivity contribution >= 4 is 5.91 Å². The highest BCUT2D eigenvalue weighted by Crippen LogP contribution is 2.40. The summed E-state index contributed by atoms with van der Waals surface area (Å²) in [6.07, 6.45) is 7.11. The molecule has 1 aliphatic heterocycles. The molecular formula is C13H24N2O. The van der Waals surface area contributed by atoms with Gasteiger partial charge in [-0.2, -0.15) is 0 Å². The molecule has 16 heavy (non-hydrogen) atoms. The average Bonchev–Trinajstić information content (AvgIpc) is 2.93. The first kappa shape index (κ1) is 11.9. The van der Waals surface area contributed by atoms with Crippen LogP contribution in [0.3, 0.4) is 0 Å². The van der Waals surface area contributed by atoms with Crippen molar-refractivity contribution in [2.75, 3.05) is 6.67 Å². The fourth-order valence-corrected chi connectivity index (χ4v) is 2.78. The first-order valence-corrected chi connectivity index (χ1v) is 6.81. The van der Waals surface area contributed by atoms with Crippen LogP contribution >= 0.6 is 0 Å². The molecule has 1 amide bonds. The highest BCUT2D eigenvalue weighted by atomic mass is 16.2. The van der Waals surface area contributed by atoms with E-state index < -0.39 is 0 Å². The van der Waals surface area contributed by atoms with Crippen molar-refractivity contribution in [3.05, 3.63) is 0 Å². The zero-order chi connectivity index (χ0) is 11.5. The maximum Gasteiger partial charge on any atom is 0.241 e. The Hall–Kier alpha value is -0.570. The number of carbonyl (C=O) groups excluding carboxylic acids is 1. The summed E-state index contributed by atoms with van der Waals surface area (Å²) in [7, 11) is 0. The lowest BCUT2D eigenvalue weighted by molar-refractivity contribution is -0.129. The Morgan fingerprint density at radius 2 is 2.12 bits per heavy atom. The topological polar surface area (TPSA) is 32.3 Å². The van der Waals surface area contributed by atoms with Crippen LogP contribution in [-0.4, -0.2) is 29.6 Å². The van der Waals surface area contributed by atoms with Gasteiger partial charge in [-0.15, -0.1) is 0 Å². The van der Waals surface area contributed by atoms with Crippen LogP contribution in [0.25, 0.3) is 0 Å². The van der Waals surface area contributed by atoms with Crippen molar-refractivity contribution < 1.29 is 4.79 Å². The molecule has 1 saturated carbocycles. The standard InChI is InChI=1S/C13H24N2O/c1-3-5-7-11-13(16)15(9-14-11)12-8-10(12)6-4-2/h10-12,14H,3-9H2,1-2H3. The number of carbonyl (C=O) groups is 1. The summed E-state index contributed by atoms with van der Waals surface area (Å²) in [5.74, 6) is 1.15. The van der Waals surface area contributed by atoms with Crippen molar-refractivity contribution in [3.8, 4) is 0 Å². The minimum Gasteiger partial charge on any atom is -0.325 e. The van der Waals surface area contributed by atoms with Gasteiger partial charge in [-0.05, 0) is 25.2 Å². The van der Waals surface area contributed by atoms with Gasteiger partial charge in [0.25, 0.3) is 0 Å². The van der Waals surface area contributed by atoms with E-state index in [1.165, 1.54) is 25.7 Å². The summed E-state index contributed by atoms with van der Waals surface area (Å²) >= 11 is 0. The van der Waals surface area contributed by atoms with Crippen LogP contribution in [-0.2, 0) is 4.79 Å². The van der Waals surface area contributed by atoms with Gasteiger partial charge in [0.15, 0.2) is 0 Å². The molecule has 92 valence electrons. The zero-order valence-electron chi connectivity index (χ0n) is 10.5. The lowest BCUT2D eigenvalue weighted by atomic mass is 10.1. The molecule has 3 nitrogen and oxygen atoms in total. The van der Waals surface area contributed by atoms with Crippen molar-refractivity contribution in [2.45, 2.75) is 64.5 Å². The third kappa shape index (κ3) is 2.40. The quantitative estimate of drug-likeness (QED) is 0.749. The number of hydrogen-bond acceptors (Lipinski definition) is 2. The molecule has 0 spiro atoms. The van der Waals surface area contributed by atoms with Gasteiger partial charge in [0.1, 0.15) is 0 Å². The molecule has 0 radical (unpaired) electrons. The predicted molar refractivity (Wildman–Crippen MR) is 65.0 cm³/mol. The molecule has 1 heterocycles. The van der Waals surface area contributed by atoms with Gasteiger partial charge in [0.05, 0.1) is 12.7 Å². The normalized spacial score (nSPS) is 33.5. The summed E-state index contributed by atoms with van der Waals surface area (Å²) in [5, 5.41) is 3.35. The molecule has 1 N–H and O–H groups in total. The van der Waals surface area contributed by atoms with Crippen molar-refractivity contribution in [3.63, 3.8) is 0 Å². The highest BCUT2D eigenvalue weighted by Gasteiger charge is 2.46. The molecule has 2 rings (SSSR count). The molecule has 0 aromatic heterocycles. The second kappa shape index (κ2) is 5.17. The molecule has 2 fully saturated rings. The number of hydrogen-bond donors (Lipinski definition) is 1. The van der Waals surface area contributed by atoms with E-state index in [4.69, 9.17) is 0 Å². The van der Waals surface area contributed by atoms with Gasteiger partial charge in [-0.1, -0.05) is 33.1 Å². The number of nitrogens with one attached hydrogen (secondary N) is 1. The molecule has 1 saturated heterocycles. The zero-order valence-corrected chi connectivity index (χ0v) is 10.5. The van der Waals surface area contributed by atoms with Gasteiger partial charge in [-0.25, -0.2) is 0 Å². The second-order valence-corrected chi connectivity index (χ2v) is 5.22. The summed E-state index contributed by atoms with van der Waals surface area (Å²) in [6.45, 7) is 5.19. The monoisotopic (exact) mass is 224 g/mol. The Labute approximate surface area is 98.6 Å². The van der Waals surface area contributed by atoms with Crippen molar-refractivity contribution in [1.29, 1.82) is 0 Å². The van der Waals surface area contributed by atoms with Crippen LogP contribution in [0.1, 0.15) is 52.4 Å². The molecule has 0 aromatic rings. The van der Waals surface area contributed by atoms with Gasteiger partial charge >= 0.3 is 0 Å². The Kier molecular flexibility index (Phi) is 3.85. The fraction of sp³-hybridized carbons (Fsp3) is 0.923.